The van der Waals surface area contributed by atoms with Gasteiger partial charge in [0.15, 0.2) is 0 Å². The van der Waals surface area contributed by atoms with Gasteiger partial charge in [0.05, 0.1) is 23.1 Å². The van der Waals surface area contributed by atoms with E-state index in [4.69, 9.17) is 25.9 Å². The molecule has 0 saturated carbocycles. The highest BCUT2D eigenvalue weighted by Gasteiger charge is 2.22. The lowest BCUT2D eigenvalue weighted by Crippen LogP contribution is -2.34. The molecule has 6 heteroatoms. The molecule has 5 nitrogen and oxygen atoms in total. The third kappa shape index (κ3) is 2.91. The zero-order valence-electron chi connectivity index (χ0n) is 13.4. The number of nitrogens with zero attached hydrogens (tertiary/aromatic N) is 1. The van der Waals surface area contributed by atoms with Crippen molar-refractivity contribution < 1.29 is 14.3 Å². The fourth-order valence-electron chi connectivity index (χ4n) is 3.07. The molecule has 2 aromatic carbocycles. The molecule has 0 atom stereocenters. The van der Waals surface area contributed by atoms with Gasteiger partial charge in [0.25, 0.3) is 0 Å². The van der Waals surface area contributed by atoms with E-state index in [1.54, 1.807) is 36.4 Å². The molecule has 0 amide bonds. The van der Waals surface area contributed by atoms with Gasteiger partial charge in [0.2, 0.25) is 5.43 Å². The highest BCUT2D eigenvalue weighted by Crippen LogP contribution is 2.32. The van der Waals surface area contributed by atoms with E-state index in [0.29, 0.717) is 47.1 Å². The van der Waals surface area contributed by atoms with Crippen LogP contribution in [0.5, 0.6) is 5.75 Å². The van der Waals surface area contributed by atoms with Crippen LogP contribution in [-0.2, 0) is 6.54 Å². The van der Waals surface area contributed by atoms with Crippen LogP contribution in [-0.4, -0.2) is 29.9 Å². The number of ether oxygens (including phenoxy) is 1. The Kier molecular flexibility index (Phi) is 4.21. The Morgan fingerprint density at radius 1 is 1.16 bits per heavy atom. The minimum absolute atomic E-state index is 0.0497. The summed E-state index contributed by atoms with van der Waals surface area (Å²) >= 11 is 5.91. The molecule has 3 aromatic rings. The quantitative estimate of drug-likeness (QED) is 0.779. The van der Waals surface area contributed by atoms with Crippen molar-refractivity contribution in [1.82, 2.24) is 4.90 Å². The molecule has 0 spiro atoms. The Balaban J connectivity index is 1.84. The summed E-state index contributed by atoms with van der Waals surface area (Å²) in [6.07, 6.45) is 1.49. The average molecular weight is 358 g/mol. The Morgan fingerprint density at radius 2 is 1.96 bits per heavy atom. The number of halogens is 1. The van der Waals surface area contributed by atoms with E-state index >= 15 is 0 Å². The maximum atomic E-state index is 12.9. The summed E-state index contributed by atoms with van der Waals surface area (Å²) in [5.41, 5.74) is 2.52. The zero-order valence-corrected chi connectivity index (χ0v) is 14.1. The van der Waals surface area contributed by atoms with Crippen LogP contribution in [0.3, 0.4) is 0 Å². The second kappa shape index (κ2) is 6.52. The summed E-state index contributed by atoms with van der Waals surface area (Å²) in [5.74, 6) is 0.712. The predicted octanol–water partition coefficient (Wildman–Crippen LogP) is 3.26. The Morgan fingerprint density at radius 3 is 2.72 bits per heavy atom. The van der Waals surface area contributed by atoms with Gasteiger partial charge in [-0.15, -0.1) is 0 Å². The SMILES string of the molecule is O=c1c(-c2ccc(Cl)cc2)coc2c3c(ccc12)OCN(CCO)C3. The van der Waals surface area contributed by atoms with Crippen molar-refractivity contribution in [3.05, 3.63) is 63.5 Å². The minimum atomic E-state index is -0.0920. The van der Waals surface area contributed by atoms with Gasteiger partial charge in [0.1, 0.15) is 24.3 Å². The van der Waals surface area contributed by atoms with Crippen LogP contribution in [0.1, 0.15) is 5.56 Å². The number of aliphatic hydroxyl groups is 1. The molecule has 1 aromatic heterocycles. The van der Waals surface area contributed by atoms with Crippen molar-refractivity contribution in [1.29, 1.82) is 0 Å². The fraction of sp³-hybridized carbons (Fsp3) is 0.211. The highest BCUT2D eigenvalue weighted by molar-refractivity contribution is 6.30. The molecule has 4 rings (SSSR count). The van der Waals surface area contributed by atoms with Crippen molar-refractivity contribution >= 4 is 22.6 Å². The van der Waals surface area contributed by atoms with Gasteiger partial charge in [-0.1, -0.05) is 23.7 Å². The lowest BCUT2D eigenvalue weighted by Gasteiger charge is -2.28. The van der Waals surface area contributed by atoms with Gasteiger partial charge in [-0.05, 0) is 29.8 Å². The molecule has 0 fully saturated rings. The molecule has 1 N–H and O–H groups in total. The molecule has 0 aliphatic carbocycles. The number of hydrogen-bond donors (Lipinski definition) is 1. The van der Waals surface area contributed by atoms with Crippen molar-refractivity contribution in [3.63, 3.8) is 0 Å². The summed E-state index contributed by atoms with van der Waals surface area (Å²) in [7, 11) is 0. The number of β-amino-alcohol motifs (C(OH)–C–C–N with tert-alkyl or cyclic N) is 1. The molecule has 0 bridgehead atoms. The van der Waals surface area contributed by atoms with E-state index in [9.17, 15) is 4.79 Å². The Hall–Kier alpha value is -2.34. The van der Waals surface area contributed by atoms with Crippen molar-refractivity contribution in [2.45, 2.75) is 6.54 Å². The fourth-order valence-corrected chi connectivity index (χ4v) is 3.19. The average Bonchev–Trinajstić information content (AvgIpc) is 2.63. The number of benzene rings is 2. The minimum Gasteiger partial charge on any atom is -0.478 e. The summed E-state index contributed by atoms with van der Waals surface area (Å²) in [4.78, 5) is 14.9. The Bertz CT molecular complexity index is 981. The van der Waals surface area contributed by atoms with Gasteiger partial charge in [0, 0.05) is 18.1 Å². The Labute approximate surface area is 149 Å². The van der Waals surface area contributed by atoms with Gasteiger partial charge < -0.3 is 14.3 Å². The van der Waals surface area contributed by atoms with E-state index in [-0.39, 0.29) is 12.0 Å². The van der Waals surface area contributed by atoms with Crippen LogP contribution in [0.2, 0.25) is 5.02 Å². The first kappa shape index (κ1) is 16.1. The number of aliphatic hydroxyl groups excluding tert-OH is 1. The third-order valence-electron chi connectivity index (χ3n) is 4.36. The first-order valence-electron chi connectivity index (χ1n) is 7.96. The van der Waals surface area contributed by atoms with Gasteiger partial charge in [-0.25, -0.2) is 0 Å². The molecular formula is C19H16ClNO4. The second-order valence-corrected chi connectivity index (χ2v) is 6.39. The summed E-state index contributed by atoms with van der Waals surface area (Å²) in [6.45, 7) is 1.53. The van der Waals surface area contributed by atoms with Crippen LogP contribution in [0.25, 0.3) is 22.1 Å². The van der Waals surface area contributed by atoms with E-state index < -0.39 is 0 Å². The molecular weight excluding hydrogens is 342 g/mol. The van der Waals surface area contributed by atoms with Gasteiger partial charge in [-0.3, -0.25) is 9.69 Å². The maximum absolute atomic E-state index is 12.9. The van der Waals surface area contributed by atoms with Crippen LogP contribution in [0.15, 0.2) is 51.9 Å². The standard InChI is InChI=1S/C19H16ClNO4/c20-13-3-1-12(2-4-13)16-10-24-19-14(18(16)23)5-6-17-15(19)9-21(7-8-22)11-25-17/h1-6,10,22H,7-9,11H2. The van der Waals surface area contributed by atoms with Crippen LogP contribution < -0.4 is 10.2 Å². The molecule has 128 valence electrons. The van der Waals surface area contributed by atoms with Crippen LogP contribution in [0.4, 0.5) is 0 Å². The highest BCUT2D eigenvalue weighted by atomic mass is 35.5. The maximum Gasteiger partial charge on any atom is 0.200 e. The number of rotatable bonds is 3. The molecule has 0 unspecified atom stereocenters. The van der Waals surface area contributed by atoms with Crippen LogP contribution in [0, 0.1) is 0 Å². The molecule has 1 aliphatic heterocycles. The first-order valence-corrected chi connectivity index (χ1v) is 8.34. The molecule has 25 heavy (non-hydrogen) atoms. The topological polar surface area (TPSA) is 62.9 Å². The summed E-state index contributed by atoms with van der Waals surface area (Å²) < 4.78 is 11.5. The van der Waals surface area contributed by atoms with Crippen LogP contribution >= 0.6 is 11.6 Å². The van der Waals surface area contributed by atoms with E-state index in [0.717, 1.165) is 11.1 Å². The smallest absolute Gasteiger partial charge is 0.200 e. The normalized spacial score (nSPS) is 14.3. The molecule has 0 radical (unpaired) electrons. The van der Waals surface area contributed by atoms with Crippen molar-refractivity contribution in [2.24, 2.45) is 0 Å². The summed E-state index contributed by atoms with van der Waals surface area (Å²) in [5, 5.41) is 10.3. The second-order valence-electron chi connectivity index (χ2n) is 5.95. The van der Waals surface area contributed by atoms with Crippen molar-refractivity contribution in [3.8, 4) is 16.9 Å². The van der Waals surface area contributed by atoms with Gasteiger partial charge in [-0.2, -0.15) is 0 Å². The van der Waals surface area contributed by atoms with E-state index in [2.05, 4.69) is 0 Å². The third-order valence-corrected chi connectivity index (χ3v) is 4.61. The number of hydrogen-bond acceptors (Lipinski definition) is 5. The van der Waals surface area contributed by atoms with E-state index in [1.165, 1.54) is 6.26 Å². The first-order chi connectivity index (χ1) is 12.2. The zero-order chi connectivity index (χ0) is 17.4. The molecule has 1 aliphatic rings. The van der Waals surface area contributed by atoms with E-state index in [1.807, 2.05) is 4.90 Å². The largest absolute Gasteiger partial charge is 0.478 e. The van der Waals surface area contributed by atoms with Crippen molar-refractivity contribution in [2.75, 3.05) is 19.9 Å². The molecule has 0 saturated heterocycles. The predicted molar refractivity (Wildman–Crippen MR) is 95.9 cm³/mol. The molecule has 2 heterocycles. The lowest BCUT2D eigenvalue weighted by atomic mass is 10.0. The lowest BCUT2D eigenvalue weighted by molar-refractivity contribution is 0.0774. The monoisotopic (exact) mass is 357 g/mol. The summed E-state index contributed by atoms with van der Waals surface area (Å²) in [6, 6.07) is 10.6. The number of fused-ring (bicyclic) bond motifs is 3. The van der Waals surface area contributed by atoms with Gasteiger partial charge >= 0.3 is 0 Å².